The molecule has 3 nitrogen and oxygen atoms in total. The summed E-state index contributed by atoms with van der Waals surface area (Å²) >= 11 is 1.60. The van der Waals surface area contributed by atoms with Gasteiger partial charge in [0.05, 0.1) is 5.03 Å². The molecule has 1 aromatic heterocycles. The van der Waals surface area contributed by atoms with Crippen molar-refractivity contribution in [1.82, 2.24) is 4.98 Å². The minimum atomic E-state index is -0.969. The normalized spacial score (nSPS) is 10.1. The first-order valence-electron chi connectivity index (χ1n) is 4.57. The first-order chi connectivity index (χ1) is 6.74. The number of unbranched alkanes of at least 4 members (excludes halogenated alkanes) is 1. The van der Waals surface area contributed by atoms with Crippen molar-refractivity contribution in [3.63, 3.8) is 0 Å². The SMILES string of the molecule is CCCCSc1cccc(C(=O)O)n1. The predicted octanol–water partition coefficient (Wildman–Crippen LogP) is 2.67. The lowest BCUT2D eigenvalue weighted by atomic mass is 10.4. The molecule has 0 aliphatic heterocycles. The minimum absolute atomic E-state index is 0.117. The highest BCUT2D eigenvalue weighted by atomic mass is 32.2. The van der Waals surface area contributed by atoms with Gasteiger partial charge in [-0.3, -0.25) is 0 Å². The average molecular weight is 211 g/mol. The van der Waals surface area contributed by atoms with Crippen LogP contribution >= 0.6 is 11.8 Å². The summed E-state index contributed by atoms with van der Waals surface area (Å²) in [6.45, 7) is 2.13. The number of aromatic nitrogens is 1. The van der Waals surface area contributed by atoms with Crippen LogP contribution in [0.25, 0.3) is 0 Å². The van der Waals surface area contributed by atoms with Crippen LogP contribution in [0.5, 0.6) is 0 Å². The van der Waals surface area contributed by atoms with Gasteiger partial charge in [-0.05, 0) is 24.3 Å². The molecule has 0 fully saturated rings. The van der Waals surface area contributed by atoms with Crippen LogP contribution in [-0.4, -0.2) is 21.8 Å². The third kappa shape index (κ3) is 3.38. The zero-order valence-corrected chi connectivity index (χ0v) is 8.88. The molecular weight excluding hydrogens is 198 g/mol. The van der Waals surface area contributed by atoms with Crippen molar-refractivity contribution in [2.45, 2.75) is 24.8 Å². The first-order valence-corrected chi connectivity index (χ1v) is 5.55. The highest BCUT2D eigenvalue weighted by Gasteiger charge is 2.04. The topological polar surface area (TPSA) is 50.2 Å². The fourth-order valence-corrected chi connectivity index (χ4v) is 1.92. The largest absolute Gasteiger partial charge is 0.477 e. The molecule has 0 saturated heterocycles. The number of hydrogen-bond donors (Lipinski definition) is 1. The Morgan fingerprint density at radius 2 is 2.36 bits per heavy atom. The van der Waals surface area contributed by atoms with Crippen LogP contribution in [0.4, 0.5) is 0 Å². The third-order valence-corrected chi connectivity index (χ3v) is 2.71. The lowest BCUT2D eigenvalue weighted by molar-refractivity contribution is 0.0689. The molecule has 0 radical (unpaired) electrons. The Hall–Kier alpha value is -1.03. The fourth-order valence-electron chi connectivity index (χ4n) is 0.935. The Balaban J connectivity index is 2.59. The number of carboxylic acids is 1. The molecule has 0 aliphatic carbocycles. The van der Waals surface area contributed by atoms with Gasteiger partial charge in [-0.2, -0.15) is 0 Å². The lowest BCUT2D eigenvalue weighted by Crippen LogP contribution is -2.00. The van der Waals surface area contributed by atoms with Crippen molar-refractivity contribution in [2.75, 3.05) is 5.75 Å². The van der Waals surface area contributed by atoms with Gasteiger partial charge in [0.25, 0.3) is 0 Å². The summed E-state index contributed by atoms with van der Waals surface area (Å²) in [7, 11) is 0. The molecule has 0 saturated carbocycles. The van der Waals surface area contributed by atoms with Crippen molar-refractivity contribution in [2.24, 2.45) is 0 Å². The molecule has 76 valence electrons. The van der Waals surface area contributed by atoms with Crippen molar-refractivity contribution in [3.8, 4) is 0 Å². The highest BCUT2D eigenvalue weighted by molar-refractivity contribution is 7.99. The summed E-state index contributed by atoms with van der Waals surface area (Å²) in [5.74, 6) is 0.0231. The fraction of sp³-hybridized carbons (Fsp3) is 0.400. The van der Waals surface area contributed by atoms with E-state index in [4.69, 9.17) is 5.11 Å². The van der Waals surface area contributed by atoms with Crippen LogP contribution in [0, 0.1) is 0 Å². The second-order valence-electron chi connectivity index (χ2n) is 2.87. The number of carbonyl (C=O) groups is 1. The maximum Gasteiger partial charge on any atom is 0.354 e. The van der Waals surface area contributed by atoms with Gasteiger partial charge in [0.2, 0.25) is 0 Å². The number of hydrogen-bond acceptors (Lipinski definition) is 3. The summed E-state index contributed by atoms with van der Waals surface area (Å²) in [5.41, 5.74) is 0.117. The number of rotatable bonds is 5. The lowest BCUT2D eigenvalue weighted by Gasteiger charge is -2.00. The zero-order valence-electron chi connectivity index (χ0n) is 8.06. The third-order valence-electron chi connectivity index (χ3n) is 1.69. The van der Waals surface area contributed by atoms with E-state index in [1.807, 2.05) is 6.07 Å². The second kappa shape index (κ2) is 5.65. The van der Waals surface area contributed by atoms with E-state index in [0.29, 0.717) is 0 Å². The molecule has 1 N–H and O–H groups in total. The molecule has 0 atom stereocenters. The van der Waals surface area contributed by atoms with Crippen LogP contribution in [0.2, 0.25) is 0 Å². The maximum absolute atomic E-state index is 10.6. The number of aromatic carboxylic acids is 1. The molecule has 4 heteroatoms. The van der Waals surface area contributed by atoms with E-state index >= 15 is 0 Å². The molecule has 1 rings (SSSR count). The van der Waals surface area contributed by atoms with Gasteiger partial charge in [-0.15, -0.1) is 11.8 Å². The molecule has 0 aliphatic rings. The van der Waals surface area contributed by atoms with E-state index in [2.05, 4.69) is 11.9 Å². The highest BCUT2D eigenvalue weighted by Crippen LogP contribution is 2.16. The molecule has 0 spiro atoms. The molecule has 0 unspecified atom stereocenters. The molecule has 14 heavy (non-hydrogen) atoms. The van der Waals surface area contributed by atoms with Gasteiger partial charge < -0.3 is 5.11 Å². The summed E-state index contributed by atoms with van der Waals surface area (Å²) < 4.78 is 0. The second-order valence-corrected chi connectivity index (χ2v) is 3.98. The Bertz CT molecular complexity index is 315. The van der Waals surface area contributed by atoms with Crippen LogP contribution in [-0.2, 0) is 0 Å². The average Bonchev–Trinajstić information content (AvgIpc) is 2.19. The Labute approximate surface area is 87.6 Å². The summed E-state index contributed by atoms with van der Waals surface area (Å²) in [6, 6.07) is 5.07. The van der Waals surface area contributed by atoms with Gasteiger partial charge in [0.15, 0.2) is 0 Å². The van der Waals surface area contributed by atoms with Crippen LogP contribution in [0.1, 0.15) is 30.3 Å². The summed E-state index contributed by atoms with van der Waals surface area (Å²) in [6.07, 6.45) is 2.27. The molecular formula is C10H13NO2S. The quantitative estimate of drug-likeness (QED) is 0.601. The monoisotopic (exact) mass is 211 g/mol. The van der Waals surface area contributed by atoms with Gasteiger partial charge in [0.1, 0.15) is 5.69 Å². The van der Waals surface area contributed by atoms with E-state index in [1.54, 1.807) is 17.8 Å². The van der Waals surface area contributed by atoms with E-state index in [-0.39, 0.29) is 5.69 Å². The molecule has 0 aromatic carbocycles. The summed E-state index contributed by atoms with van der Waals surface area (Å²) in [4.78, 5) is 14.6. The van der Waals surface area contributed by atoms with Crippen molar-refractivity contribution >= 4 is 17.7 Å². The number of carboxylic acid groups (broad SMARTS) is 1. The van der Waals surface area contributed by atoms with Crippen LogP contribution < -0.4 is 0 Å². The van der Waals surface area contributed by atoms with Crippen molar-refractivity contribution in [3.05, 3.63) is 23.9 Å². The van der Waals surface area contributed by atoms with Crippen LogP contribution in [0.15, 0.2) is 23.2 Å². The molecule has 0 amide bonds. The number of thioether (sulfide) groups is 1. The Morgan fingerprint density at radius 1 is 1.57 bits per heavy atom. The predicted molar refractivity (Wildman–Crippen MR) is 56.8 cm³/mol. The van der Waals surface area contributed by atoms with Crippen molar-refractivity contribution in [1.29, 1.82) is 0 Å². The number of nitrogens with zero attached hydrogens (tertiary/aromatic N) is 1. The van der Waals surface area contributed by atoms with Crippen LogP contribution in [0.3, 0.4) is 0 Å². The molecule has 1 aromatic rings. The first kappa shape index (κ1) is 11.0. The van der Waals surface area contributed by atoms with E-state index in [0.717, 1.165) is 23.6 Å². The van der Waals surface area contributed by atoms with Gasteiger partial charge >= 0.3 is 5.97 Å². The Kier molecular flexibility index (Phi) is 4.46. The van der Waals surface area contributed by atoms with Crippen molar-refractivity contribution < 1.29 is 9.90 Å². The summed E-state index contributed by atoms with van der Waals surface area (Å²) in [5, 5.41) is 9.50. The van der Waals surface area contributed by atoms with Gasteiger partial charge in [-0.25, -0.2) is 9.78 Å². The molecule has 0 bridgehead atoms. The smallest absolute Gasteiger partial charge is 0.354 e. The molecule has 1 heterocycles. The Morgan fingerprint density at radius 3 is 3.00 bits per heavy atom. The number of pyridine rings is 1. The van der Waals surface area contributed by atoms with Gasteiger partial charge in [-0.1, -0.05) is 19.4 Å². The van der Waals surface area contributed by atoms with E-state index in [9.17, 15) is 4.79 Å². The standard InChI is InChI=1S/C10H13NO2S/c1-2-3-7-14-9-6-4-5-8(11-9)10(12)13/h4-6H,2-3,7H2,1H3,(H,12,13). The van der Waals surface area contributed by atoms with E-state index in [1.165, 1.54) is 6.07 Å². The van der Waals surface area contributed by atoms with E-state index < -0.39 is 5.97 Å². The zero-order chi connectivity index (χ0) is 10.4. The van der Waals surface area contributed by atoms with Gasteiger partial charge in [0, 0.05) is 0 Å². The minimum Gasteiger partial charge on any atom is -0.477 e. The maximum atomic E-state index is 10.6.